The molecule has 1 aliphatic rings. The van der Waals surface area contributed by atoms with E-state index in [2.05, 4.69) is 81.4 Å². The second kappa shape index (κ2) is 8.08. The summed E-state index contributed by atoms with van der Waals surface area (Å²) < 4.78 is 1.14. The number of hydrazine groups is 2. The van der Waals surface area contributed by atoms with Crippen molar-refractivity contribution in [1.29, 1.82) is 0 Å². The molecule has 2 N–H and O–H groups in total. The second-order valence-corrected chi connectivity index (χ2v) is 6.94. The maximum atomic E-state index is 3.64. The highest BCUT2D eigenvalue weighted by Crippen LogP contribution is 2.38. The Kier molecular flexibility index (Phi) is 5.85. The summed E-state index contributed by atoms with van der Waals surface area (Å²) in [6.07, 6.45) is 6.71. The van der Waals surface area contributed by atoms with Gasteiger partial charge >= 0.3 is 0 Å². The van der Waals surface area contributed by atoms with Crippen molar-refractivity contribution < 1.29 is 0 Å². The summed E-state index contributed by atoms with van der Waals surface area (Å²) in [4.78, 5) is 0. The SMILES string of the molecule is CNN(CCCC1c2ccccc2C=Cc2ccc(Br)cc21)NC. The molecular weight excluding hydrogens is 362 g/mol. The first-order chi connectivity index (χ1) is 11.7. The number of nitrogens with one attached hydrogen (secondary N) is 2. The summed E-state index contributed by atoms with van der Waals surface area (Å²) >= 11 is 3.64. The van der Waals surface area contributed by atoms with Crippen LogP contribution in [-0.2, 0) is 0 Å². The van der Waals surface area contributed by atoms with Crippen LogP contribution in [0, 0.1) is 0 Å². The predicted molar refractivity (Wildman–Crippen MR) is 105 cm³/mol. The first-order valence-corrected chi connectivity index (χ1v) is 9.21. The first kappa shape index (κ1) is 17.4. The van der Waals surface area contributed by atoms with E-state index in [0.29, 0.717) is 5.92 Å². The van der Waals surface area contributed by atoms with Crippen molar-refractivity contribution in [1.82, 2.24) is 16.0 Å². The van der Waals surface area contributed by atoms with Gasteiger partial charge in [0, 0.05) is 31.0 Å². The Balaban J connectivity index is 1.91. The highest BCUT2D eigenvalue weighted by atomic mass is 79.9. The van der Waals surface area contributed by atoms with Gasteiger partial charge in [-0.1, -0.05) is 58.4 Å². The molecule has 1 unspecified atom stereocenters. The smallest absolute Gasteiger partial charge is 0.0288 e. The van der Waals surface area contributed by atoms with Crippen LogP contribution in [0.4, 0.5) is 0 Å². The third-order valence-electron chi connectivity index (χ3n) is 4.65. The molecule has 1 aliphatic carbocycles. The topological polar surface area (TPSA) is 27.3 Å². The lowest BCUT2D eigenvalue weighted by molar-refractivity contribution is 0.142. The number of rotatable bonds is 6. The van der Waals surface area contributed by atoms with Crippen LogP contribution in [-0.4, -0.2) is 25.8 Å². The molecule has 0 fully saturated rings. The van der Waals surface area contributed by atoms with Crippen molar-refractivity contribution in [3.8, 4) is 0 Å². The van der Waals surface area contributed by atoms with E-state index >= 15 is 0 Å². The summed E-state index contributed by atoms with van der Waals surface area (Å²) in [5, 5.41) is 2.02. The minimum Gasteiger partial charge on any atom is -0.245 e. The van der Waals surface area contributed by atoms with Crippen LogP contribution in [0.3, 0.4) is 0 Å². The van der Waals surface area contributed by atoms with Gasteiger partial charge in [-0.25, -0.2) is 10.9 Å². The summed E-state index contributed by atoms with van der Waals surface area (Å²) in [5.74, 6) is 0.416. The van der Waals surface area contributed by atoms with Gasteiger partial charge in [-0.15, -0.1) is 0 Å². The molecule has 0 saturated heterocycles. The van der Waals surface area contributed by atoms with Gasteiger partial charge in [-0.05, 0) is 47.2 Å². The van der Waals surface area contributed by atoms with Gasteiger partial charge in [0.2, 0.25) is 0 Å². The molecule has 1 atom stereocenters. The summed E-state index contributed by atoms with van der Waals surface area (Å²) in [6, 6.07) is 15.4. The maximum absolute atomic E-state index is 3.64. The van der Waals surface area contributed by atoms with Crippen molar-refractivity contribution in [2.45, 2.75) is 18.8 Å². The van der Waals surface area contributed by atoms with Gasteiger partial charge in [0.05, 0.1) is 0 Å². The largest absolute Gasteiger partial charge is 0.245 e. The Morgan fingerprint density at radius 3 is 2.42 bits per heavy atom. The lowest BCUT2D eigenvalue weighted by atomic mass is 9.84. The number of benzene rings is 2. The van der Waals surface area contributed by atoms with E-state index in [1.807, 2.05) is 19.2 Å². The molecule has 0 radical (unpaired) electrons. The van der Waals surface area contributed by atoms with E-state index in [4.69, 9.17) is 0 Å². The third-order valence-corrected chi connectivity index (χ3v) is 5.15. The molecule has 2 aromatic carbocycles. The summed E-state index contributed by atoms with van der Waals surface area (Å²) in [5.41, 5.74) is 11.8. The van der Waals surface area contributed by atoms with E-state index in [-0.39, 0.29) is 0 Å². The molecular formula is C20H24BrN3. The molecule has 0 aromatic heterocycles. The summed E-state index contributed by atoms with van der Waals surface area (Å²) in [7, 11) is 3.88. The molecule has 0 bridgehead atoms. The van der Waals surface area contributed by atoms with Crippen LogP contribution in [0.1, 0.15) is 41.0 Å². The van der Waals surface area contributed by atoms with Gasteiger partial charge in [-0.3, -0.25) is 0 Å². The van der Waals surface area contributed by atoms with Gasteiger partial charge in [0.25, 0.3) is 0 Å². The standard InChI is InChI=1S/C20H24BrN3/c1-22-24(23-2)13-5-8-19-18-7-4-3-6-15(18)9-10-16-11-12-17(21)14-20(16)19/h3-4,6-7,9-12,14,19,22-23H,5,8,13H2,1-2H3. The average Bonchev–Trinajstić information content (AvgIpc) is 2.76. The van der Waals surface area contributed by atoms with Crippen LogP contribution in [0.15, 0.2) is 46.9 Å². The van der Waals surface area contributed by atoms with E-state index in [9.17, 15) is 0 Å². The van der Waals surface area contributed by atoms with Gasteiger partial charge in [-0.2, -0.15) is 5.12 Å². The first-order valence-electron chi connectivity index (χ1n) is 8.41. The fraction of sp³-hybridized carbons (Fsp3) is 0.300. The fourth-order valence-electron chi connectivity index (χ4n) is 3.43. The van der Waals surface area contributed by atoms with Crippen LogP contribution in [0.2, 0.25) is 0 Å². The van der Waals surface area contributed by atoms with Gasteiger partial charge in [0.1, 0.15) is 0 Å². The van der Waals surface area contributed by atoms with Crippen molar-refractivity contribution in [3.63, 3.8) is 0 Å². The van der Waals surface area contributed by atoms with E-state index in [1.165, 1.54) is 22.3 Å². The molecule has 0 heterocycles. The highest BCUT2D eigenvalue weighted by Gasteiger charge is 2.21. The summed E-state index contributed by atoms with van der Waals surface area (Å²) in [6.45, 7) is 0.961. The maximum Gasteiger partial charge on any atom is 0.0288 e. The number of hydrogen-bond acceptors (Lipinski definition) is 3. The van der Waals surface area contributed by atoms with Crippen LogP contribution in [0.5, 0.6) is 0 Å². The predicted octanol–water partition coefficient (Wildman–Crippen LogP) is 4.42. The number of nitrogens with zero attached hydrogens (tertiary/aromatic N) is 1. The van der Waals surface area contributed by atoms with Crippen molar-refractivity contribution in [3.05, 3.63) is 69.2 Å². The molecule has 2 aromatic rings. The molecule has 0 amide bonds. The van der Waals surface area contributed by atoms with Gasteiger partial charge in [0.15, 0.2) is 0 Å². The molecule has 0 spiro atoms. The molecule has 4 heteroatoms. The van der Waals surface area contributed by atoms with Crippen LogP contribution >= 0.6 is 15.9 Å². The fourth-order valence-corrected chi connectivity index (χ4v) is 3.81. The lowest BCUT2D eigenvalue weighted by Crippen LogP contribution is -2.44. The van der Waals surface area contributed by atoms with E-state index < -0.39 is 0 Å². The zero-order valence-electron chi connectivity index (χ0n) is 14.2. The molecule has 3 rings (SSSR count). The Labute approximate surface area is 152 Å². The van der Waals surface area contributed by atoms with Crippen LogP contribution in [0.25, 0.3) is 12.2 Å². The van der Waals surface area contributed by atoms with Gasteiger partial charge < -0.3 is 0 Å². The quantitative estimate of drug-likeness (QED) is 0.720. The van der Waals surface area contributed by atoms with E-state index in [1.54, 1.807) is 0 Å². The van der Waals surface area contributed by atoms with Crippen LogP contribution < -0.4 is 10.9 Å². The molecule has 0 saturated carbocycles. The third kappa shape index (κ3) is 3.78. The van der Waals surface area contributed by atoms with Crippen molar-refractivity contribution in [2.24, 2.45) is 0 Å². The Hall–Kier alpha value is -1.46. The molecule has 0 aliphatic heterocycles. The minimum atomic E-state index is 0.416. The molecule has 24 heavy (non-hydrogen) atoms. The zero-order valence-corrected chi connectivity index (χ0v) is 15.8. The number of fused-ring (bicyclic) bond motifs is 2. The minimum absolute atomic E-state index is 0.416. The Bertz CT molecular complexity index is 723. The molecule has 126 valence electrons. The Morgan fingerprint density at radius 1 is 0.958 bits per heavy atom. The lowest BCUT2D eigenvalue weighted by Gasteiger charge is -2.23. The Morgan fingerprint density at radius 2 is 1.67 bits per heavy atom. The second-order valence-electron chi connectivity index (χ2n) is 6.03. The monoisotopic (exact) mass is 385 g/mol. The van der Waals surface area contributed by atoms with E-state index in [0.717, 1.165) is 23.9 Å². The normalized spacial score (nSPS) is 15.9. The zero-order chi connectivity index (χ0) is 16.9. The number of halogens is 1. The van der Waals surface area contributed by atoms with Crippen molar-refractivity contribution in [2.75, 3.05) is 20.6 Å². The van der Waals surface area contributed by atoms with Crippen molar-refractivity contribution >= 4 is 28.1 Å². The number of hydrogen-bond donors (Lipinski definition) is 2. The average molecular weight is 386 g/mol. The highest BCUT2D eigenvalue weighted by molar-refractivity contribution is 9.10. The molecule has 3 nitrogen and oxygen atoms in total.